The molecule has 0 saturated carbocycles. The van der Waals surface area contributed by atoms with Crippen LogP contribution in [0.4, 0.5) is 0 Å². The van der Waals surface area contributed by atoms with E-state index in [-0.39, 0.29) is 10.1 Å². The first-order valence-electron chi connectivity index (χ1n) is 6.10. The van der Waals surface area contributed by atoms with E-state index in [1.807, 2.05) is 36.4 Å². The third kappa shape index (κ3) is 10.5. The number of carboxylic acid groups (broad SMARTS) is 1. The summed E-state index contributed by atoms with van der Waals surface area (Å²) >= 11 is 9.04. The van der Waals surface area contributed by atoms with Crippen molar-refractivity contribution in [1.29, 1.82) is 0 Å². The van der Waals surface area contributed by atoms with Crippen LogP contribution in [0.5, 0.6) is 0 Å². The number of thiocarbonyl (C=S) groups is 2. The molecule has 0 fully saturated rings. The Morgan fingerprint density at radius 3 is 1.09 bits per heavy atom. The molecule has 22 heavy (non-hydrogen) atoms. The highest BCUT2D eigenvalue weighted by Crippen LogP contribution is 1.98. The topological polar surface area (TPSA) is 77.8 Å². The second-order valence-electron chi connectivity index (χ2n) is 3.86. The van der Waals surface area contributed by atoms with Gasteiger partial charge in [0.25, 0.3) is 5.97 Å². The van der Waals surface area contributed by atoms with Crippen LogP contribution in [0.1, 0.15) is 18.1 Å². The summed E-state index contributed by atoms with van der Waals surface area (Å²) in [4.78, 5) is 9.00. The molecule has 116 valence electrons. The molecule has 4 nitrogen and oxygen atoms in total. The molecule has 2 aromatic rings. The highest BCUT2D eigenvalue weighted by atomic mass is 32.1. The first-order chi connectivity index (χ1) is 10.3. The van der Waals surface area contributed by atoms with Crippen LogP contribution in [-0.4, -0.2) is 31.4 Å². The summed E-state index contributed by atoms with van der Waals surface area (Å²) in [5.74, 6) is -0.833. The van der Waals surface area contributed by atoms with Crippen molar-refractivity contribution >= 4 is 40.5 Å². The predicted molar refractivity (Wildman–Crippen MR) is 94.9 cm³/mol. The lowest BCUT2D eigenvalue weighted by Gasteiger charge is -1.91. The highest BCUT2D eigenvalue weighted by Gasteiger charge is 1.92. The maximum Gasteiger partial charge on any atom is 0.300 e. The number of hydrogen-bond donors (Lipinski definition) is 3. The van der Waals surface area contributed by atoms with Gasteiger partial charge in [0.2, 0.25) is 0 Å². The molecule has 0 atom stereocenters. The summed E-state index contributed by atoms with van der Waals surface area (Å²) in [7, 11) is 0. The zero-order valence-corrected chi connectivity index (χ0v) is 13.5. The zero-order valence-electron chi connectivity index (χ0n) is 11.8. The zero-order chi connectivity index (χ0) is 17.0. The van der Waals surface area contributed by atoms with Crippen molar-refractivity contribution < 1.29 is 20.1 Å². The first-order valence-corrected chi connectivity index (χ1v) is 6.92. The molecule has 6 heteroatoms. The van der Waals surface area contributed by atoms with E-state index < -0.39 is 5.97 Å². The Hall–Kier alpha value is -2.31. The molecule has 2 rings (SSSR count). The lowest BCUT2D eigenvalue weighted by atomic mass is 10.2. The molecule has 0 aliphatic carbocycles. The Morgan fingerprint density at radius 1 is 0.727 bits per heavy atom. The molecule has 0 unspecified atom stereocenters. The number of aliphatic hydroxyl groups excluding tert-OH is 2. The molecule has 3 N–H and O–H groups in total. The number of aliphatic carboxylic acids is 1. The monoisotopic (exact) mass is 336 g/mol. The minimum atomic E-state index is -0.833. The van der Waals surface area contributed by atoms with E-state index in [0.29, 0.717) is 11.1 Å². The summed E-state index contributed by atoms with van der Waals surface area (Å²) in [6.45, 7) is 1.08. The number of benzene rings is 2. The van der Waals surface area contributed by atoms with Gasteiger partial charge in [0, 0.05) is 18.1 Å². The molecular formula is C16H16O4S2. The molecule has 0 aliphatic heterocycles. The van der Waals surface area contributed by atoms with E-state index in [9.17, 15) is 0 Å². The number of aliphatic hydroxyl groups is 2. The number of carboxylic acids is 1. The quantitative estimate of drug-likeness (QED) is 0.721. The van der Waals surface area contributed by atoms with Gasteiger partial charge in [-0.3, -0.25) is 4.79 Å². The number of rotatable bonds is 2. The van der Waals surface area contributed by atoms with E-state index in [1.165, 1.54) is 0 Å². The summed E-state index contributed by atoms with van der Waals surface area (Å²) < 4.78 is 0. The van der Waals surface area contributed by atoms with Gasteiger partial charge in [-0.05, 0) is 24.4 Å². The van der Waals surface area contributed by atoms with Crippen LogP contribution in [0.3, 0.4) is 0 Å². The Balaban J connectivity index is 0.000000326. The van der Waals surface area contributed by atoms with E-state index in [4.69, 9.17) is 20.1 Å². The summed E-state index contributed by atoms with van der Waals surface area (Å²) in [5.41, 5.74) is 1.40. The smallest absolute Gasteiger partial charge is 0.300 e. The number of carbonyl (C=O) groups is 1. The minimum absolute atomic E-state index is 0.0457. The van der Waals surface area contributed by atoms with E-state index in [0.717, 1.165) is 6.92 Å². The summed E-state index contributed by atoms with van der Waals surface area (Å²) in [5, 5.41) is 24.8. The molecule has 0 saturated heterocycles. The van der Waals surface area contributed by atoms with Crippen LogP contribution >= 0.6 is 24.4 Å². The van der Waals surface area contributed by atoms with Crippen molar-refractivity contribution in [2.24, 2.45) is 0 Å². The SMILES string of the molecule is CC(=O)O.OC(=S)c1ccccc1.OC(=S)c1ccccc1. The van der Waals surface area contributed by atoms with Gasteiger partial charge in [0.15, 0.2) is 10.1 Å². The fourth-order valence-corrected chi connectivity index (χ4v) is 1.43. The molecule has 0 heterocycles. The van der Waals surface area contributed by atoms with E-state index >= 15 is 0 Å². The third-order valence-corrected chi connectivity index (χ3v) is 2.51. The Labute approximate surface area is 139 Å². The average Bonchev–Trinajstić information content (AvgIpc) is 2.49. The van der Waals surface area contributed by atoms with Crippen molar-refractivity contribution in [2.45, 2.75) is 6.92 Å². The van der Waals surface area contributed by atoms with Gasteiger partial charge in [-0.15, -0.1) is 0 Å². The van der Waals surface area contributed by atoms with Gasteiger partial charge in [0.1, 0.15) is 0 Å². The van der Waals surface area contributed by atoms with Crippen molar-refractivity contribution in [1.82, 2.24) is 0 Å². The van der Waals surface area contributed by atoms with Gasteiger partial charge in [0.05, 0.1) is 0 Å². The van der Waals surface area contributed by atoms with Crippen molar-refractivity contribution in [3.63, 3.8) is 0 Å². The summed E-state index contributed by atoms with van der Waals surface area (Å²) in [6, 6.07) is 18.1. The largest absolute Gasteiger partial charge is 0.499 e. The van der Waals surface area contributed by atoms with Gasteiger partial charge < -0.3 is 15.3 Å². The van der Waals surface area contributed by atoms with Crippen molar-refractivity contribution in [3.05, 3.63) is 71.8 Å². The molecule has 0 radical (unpaired) electrons. The average molecular weight is 336 g/mol. The molecule has 0 aliphatic rings. The molecular weight excluding hydrogens is 320 g/mol. The molecule has 0 aromatic heterocycles. The van der Waals surface area contributed by atoms with Crippen molar-refractivity contribution in [3.8, 4) is 0 Å². The second-order valence-corrected chi connectivity index (χ2v) is 4.63. The van der Waals surface area contributed by atoms with Crippen LogP contribution < -0.4 is 0 Å². The van der Waals surface area contributed by atoms with Crippen LogP contribution in [0.25, 0.3) is 0 Å². The normalized spacial score (nSPS) is 8.41. The fraction of sp³-hybridized carbons (Fsp3) is 0.0625. The Morgan fingerprint density at radius 2 is 0.955 bits per heavy atom. The van der Waals surface area contributed by atoms with E-state index in [1.54, 1.807) is 24.3 Å². The maximum absolute atomic E-state index is 9.00. The summed E-state index contributed by atoms with van der Waals surface area (Å²) in [6.07, 6.45) is 0. The highest BCUT2D eigenvalue weighted by molar-refractivity contribution is 7.80. The molecule has 0 amide bonds. The van der Waals surface area contributed by atoms with Gasteiger partial charge in [-0.2, -0.15) is 0 Å². The van der Waals surface area contributed by atoms with Crippen LogP contribution in [0.15, 0.2) is 60.7 Å². The first kappa shape index (κ1) is 19.7. The van der Waals surface area contributed by atoms with Crippen LogP contribution in [0, 0.1) is 0 Å². The maximum atomic E-state index is 9.00. The lowest BCUT2D eigenvalue weighted by Crippen LogP contribution is -1.91. The van der Waals surface area contributed by atoms with Crippen LogP contribution in [0.2, 0.25) is 0 Å². The standard InChI is InChI=1S/2C7H6OS.C2H4O2/c2*8-7(9)6-4-2-1-3-5-6;1-2(3)4/h2*1-5H,(H,8,9);1H3,(H,3,4). The predicted octanol–water partition coefficient (Wildman–Crippen LogP) is 3.93. The third-order valence-electron chi connectivity index (χ3n) is 2.04. The molecule has 0 bridgehead atoms. The number of hydrogen-bond acceptors (Lipinski definition) is 3. The Kier molecular flexibility index (Phi) is 10.2. The van der Waals surface area contributed by atoms with Crippen LogP contribution in [-0.2, 0) is 4.79 Å². The molecule has 0 spiro atoms. The Bertz CT molecular complexity index is 545. The van der Waals surface area contributed by atoms with Crippen molar-refractivity contribution in [2.75, 3.05) is 0 Å². The fourth-order valence-electron chi connectivity index (χ4n) is 1.16. The minimum Gasteiger partial charge on any atom is -0.499 e. The van der Waals surface area contributed by atoms with Gasteiger partial charge >= 0.3 is 0 Å². The second kappa shape index (κ2) is 11.4. The van der Waals surface area contributed by atoms with Gasteiger partial charge in [-0.1, -0.05) is 60.7 Å². The van der Waals surface area contributed by atoms with Gasteiger partial charge in [-0.25, -0.2) is 0 Å². The lowest BCUT2D eigenvalue weighted by molar-refractivity contribution is -0.134. The molecule has 2 aromatic carbocycles. The van der Waals surface area contributed by atoms with E-state index in [2.05, 4.69) is 24.4 Å².